The van der Waals surface area contributed by atoms with E-state index >= 15 is 0 Å². The smallest absolute Gasteiger partial charge is 0.0760 e. The van der Waals surface area contributed by atoms with E-state index in [-0.39, 0.29) is 12.1 Å². The Labute approximate surface area is 81.0 Å². The second kappa shape index (κ2) is 6.90. The van der Waals surface area contributed by atoms with Gasteiger partial charge >= 0.3 is 0 Å². The molecule has 0 fully saturated rings. The van der Waals surface area contributed by atoms with Crippen LogP contribution >= 0.6 is 0 Å². The Bertz CT molecular complexity index is 163. The normalized spacial score (nSPS) is 15.4. The molecule has 0 saturated heterocycles. The number of nitrogens with one attached hydrogen (secondary N) is 1. The zero-order valence-corrected chi connectivity index (χ0v) is 8.71. The summed E-state index contributed by atoms with van der Waals surface area (Å²) in [6, 6.07) is 0.140. The van der Waals surface area contributed by atoms with Gasteiger partial charge in [-0.15, -0.1) is 12.3 Å². The van der Waals surface area contributed by atoms with Crippen LogP contribution in [0, 0.1) is 18.3 Å². The fourth-order valence-electron chi connectivity index (χ4n) is 1.48. The maximum Gasteiger partial charge on any atom is 0.0760 e. The number of hydrogen-bond donors (Lipinski definition) is 2. The predicted molar refractivity (Wildman–Crippen MR) is 54.8 cm³/mol. The van der Waals surface area contributed by atoms with Gasteiger partial charge in [0.1, 0.15) is 0 Å². The first-order valence-electron chi connectivity index (χ1n) is 4.59. The van der Waals surface area contributed by atoms with Gasteiger partial charge in [-0.05, 0) is 12.3 Å². The van der Waals surface area contributed by atoms with Crippen LogP contribution in [0.15, 0.2) is 0 Å². The van der Waals surface area contributed by atoms with Crippen LogP contribution in [-0.2, 0) is 4.74 Å². The lowest BCUT2D eigenvalue weighted by atomic mass is 9.96. The summed E-state index contributed by atoms with van der Waals surface area (Å²) in [5, 5.41) is 0. The molecule has 0 aromatic carbocycles. The molecule has 0 bridgehead atoms. The van der Waals surface area contributed by atoms with Gasteiger partial charge in [0, 0.05) is 19.6 Å². The molecule has 3 heteroatoms. The third-order valence-electron chi connectivity index (χ3n) is 2.14. The molecule has 3 N–H and O–H groups in total. The van der Waals surface area contributed by atoms with Crippen molar-refractivity contribution < 1.29 is 4.74 Å². The lowest BCUT2D eigenvalue weighted by Gasteiger charge is -2.27. The van der Waals surface area contributed by atoms with Gasteiger partial charge in [-0.2, -0.15) is 0 Å². The quantitative estimate of drug-likeness (QED) is 0.366. The van der Waals surface area contributed by atoms with Gasteiger partial charge < -0.3 is 4.74 Å². The molecule has 0 aromatic heterocycles. The fourth-order valence-corrected chi connectivity index (χ4v) is 1.48. The minimum atomic E-state index is 0.123. The number of nitrogens with two attached hydrogens (primary N) is 1. The third kappa shape index (κ3) is 4.28. The number of methoxy groups -OCH3 is 1. The molecule has 0 radical (unpaired) electrons. The summed E-state index contributed by atoms with van der Waals surface area (Å²) >= 11 is 0. The maximum atomic E-state index is 5.43. The molecule has 0 amide bonds. The van der Waals surface area contributed by atoms with Crippen molar-refractivity contribution in [2.75, 3.05) is 7.11 Å². The first kappa shape index (κ1) is 12.4. The summed E-state index contributed by atoms with van der Waals surface area (Å²) in [5.74, 6) is 8.46. The summed E-state index contributed by atoms with van der Waals surface area (Å²) in [7, 11) is 1.70. The molecule has 0 aliphatic rings. The SMILES string of the molecule is C#CCCC(NN)C(OC)C(C)C. The van der Waals surface area contributed by atoms with Crippen molar-refractivity contribution in [2.24, 2.45) is 11.8 Å². The lowest BCUT2D eigenvalue weighted by molar-refractivity contribution is 0.0311. The number of terminal acetylenes is 1. The summed E-state index contributed by atoms with van der Waals surface area (Å²) in [4.78, 5) is 0. The Kier molecular flexibility index (Phi) is 6.61. The topological polar surface area (TPSA) is 47.3 Å². The molecule has 0 saturated carbocycles. The molecule has 2 unspecified atom stereocenters. The van der Waals surface area contributed by atoms with E-state index in [1.807, 2.05) is 0 Å². The highest BCUT2D eigenvalue weighted by Crippen LogP contribution is 2.13. The summed E-state index contributed by atoms with van der Waals surface area (Å²) in [6.07, 6.45) is 6.89. The van der Waals surface area contributed by atoms with E-state index in [1.165, 1.54) is 0 Å². The zero-order chi connectivity index (χ0) is 10.3. The van der Waals surface area contributed by atoms with Crippen LogP contribution in [0.2, 0.25) is 0 Å². The van der Waals surface area contributed by atoms with Crippen molar-refractivity contribution in [2.45, 2.75) is 38.8 Å². The van der Waals surface area contributed by atoms with Crippen molar-refractivity contribution in [3.63, 3.8) is 0 Å². The summed E-state index contributed by atoms with van der Waals surface area (Å²) < 4.78 is 5.35. The van der Waals surface area contributed by atoms with E-state index in [4.69, 9.17) is 17.0 Å². The molecule has 0 rings (SSSR count). The van der Waals surface area contributed by atoms with Gasteiger partial charge in [0.2, 0.25) is 0 Å². The van der Waals surface area contributed by atoms with Crippen LogP contribution in [0.25, 0.3) is 0 Å². The van der Waals surface area contributed by atoms with Gasteiger partial charge in [0.15, 0.2) is 0 Å². The van der Waals surface area contributed by atoms with E-state index in [0.29, 0.717) is 5.92 Å². The third-order valence-corrected chi connectivity index (χ3v) is 2.14. The molecule has 0 aliphatic heterocycles. The molecule has 0 spiro atoms. The van der Waals surface area contributed by atoms with Gasteiger partial charge in [-0.1, -0.05) is 13.8 Å². The number of rotatable bonds is 6. The van der Waals surface area contributed by atoms with Gasteiger partial charge in [-0.25, -0.2) is 0 Å². The molecule has 2 atom stereocenters. The van der Waals surface area contributed by atoms with Crippen LogP contribution in [0.5, 0.6) is 0 Å². The highest BCUT2D eigenvalue weighted by Gasteiger charge is 2.22. The largest absolute Gasteiger partial charge is 0.380 e. The first-order chi connectivity index (χ1) is 6.17. The molecular weight excluding hydrogens is 164 g/mol. The number of hydrogen-bond acceptors (Lipinski definition) is 3. The minimum Gasteiger partial charge on any atom is -0.380 e. The predicted octanol–water partition coefficient (Wildman–Crippen LogP) is 0.903. The van der Waals surface area contributed by atoms with Gasteiger partial charge in [0.05, 0.1) is 6.10 Å². The van der Waals surface area contributed by atoms with E-state index in [2.05, 4.69) is 25.2 Å². The molecule has 76 valence electrons. The molecule has 3 nitrogen and oxygen atoms in total. The summed E-state index contributed by atoms with van der Waals surface area (Å²) in [5.41, 5.74) is 2.75. The Morgan fingerprint density at radius 2 is 2.15 bits per heavy atom. The molecule has 0 heterocycles. The van der Waals surface area contributed by atoms with E-state index in [9.17, 15) is 0 Å². The second-order valence-corrected chi connectivity index (χ2v) is 3.46. The second-order valence-electron chi connectivity index (χ2n) is 3.46. The average Bonchev–Trinajstić information content (AvgIpc) is 2.11. The fraction of sp³-hybridized carbons (Fsp3) is 0.800. The van der Waals surface area contributed by atoms with E-state index in [0.717, 1.165) is 12.8 Å². The van der Waals surface area contributed by atoms with Crippen molar-refractivity contribution in [1.29, 1.82) is 0 Å². The minimum absolute atomic E-state index is 0.123. The highest BCUT2D eigenvalue weighted by atomic mass is 16.5. The first-order valence-corrected chi connectivity index (χ1v) is 4.59. The van der Waals surface area contributed by atoms with E-state index < -0.39 is 0 Å². The summed E-state index contributed by atoms with van der Waals surface area (Å²) in [6.45, 7) is 4.21. The Morgan fingerprint density at radius 1 is 1.54 bits per heavy atom. The Hall–Kier alpha value is -0.560. The van der Waals surface area contributed by atoms with Crippen LogP contribution in [-0.4, -0.2) is 19.3 Å². The van der Waals surface area contributed by atoms with Crippen LogP contribution < -0.4 is 11.3 Å². The monoisotopic (exact) mass is 184 g/mol. The van der Waals surface area contributed by atoms with Crippen LogP contribution in [0.1, 0.15) is 26.7 Å². The number of ether oxygens (including phenoxy) is 1. The standard InChI is InChI=1S/C10H20N2O/c1-5-6-7-9(12-11)10(13-4)8(2)3/h1,8-10,12H,6-7,11H2,2-4H3. The lowest BCUT2D eigenvalue weighted by Crippen LogP contribution is -2.47. The molecule has 0 aliphatic carbocycles. The zero-order valence-electron chi connectivity index (χ0n) is 8.71. The molecule has 13 heavy (non-hydrogen) atoms. The Morgan fingerprint density at radius 3 is 2.46 bits per heavy atom. The van der Waals surface area contributed by atoms with Gasteiger partial charge in [-0.3, -0.25) is 11.3 Å². The molecule has 0 aromatic rings. The average molecular weight is 184 g/mol. The van der Waals surface area contributed by atoms with E-state index in [1.54, 1.807) is 7.11 Å². The molecular formula is C10H20N2O. The highest BCUT2D eigenvalue weighted by molar-refractivity contribution is 4.88. The van der Waals surface area contributed by atoms with Crippen molar-refractivity contribution >= 4 is 0 Å². The van der Waals surface area contributed by atoms with Crippen LogP contribution in [0.3, 0.4) is 0 Å². The van der Waals surface area contributed by atoms with Crippen LogP contribution in [0.4, 0.5) is 0 Å². The van der Waals surface area contributed by atoms with Crippen molar-refractivity contribution in [3.05, 3.63) is 0 Å². The maximum absolute atomic E-state index is 5.43. The number of hydrazine groups is 1. The van der Waals surface area contributed by atoms with Gasteiger partial charge in [0.25, 0.3) is 0 Å². The van der Waals surface area contributed by atoms with Crippen molar-refractivity contribution in [3.8, 4) is 12.3 Å². The van der Waals surface area contributed by atoms with Crippen molar-refractivity contribution in [1.82, 2.24) is 5.43 Å². The Balaban J connectivity index is 4.10.